The van der Waals surface area contributed by atoms with Crippen molar-refractivity contribution in [3.8, 4) is 18.0 Å². The molecule has 0 aliphatic heterocycles. The second-order valence-corrected chi connectivity index (χ2v) is 6.38. The number of aromatic nitrogens is 3. The highest BCUT2D eigenvalue weighted by atomic mass is 16.6. The van der Waals surface area contributed by atoms with Gasteiger partial charge in [0.15, 0.2) is 0 Å². The van der Waals surface area contributed by atoms with Crippen LogP contribution in [0.4, 0.5) is 4.79 Å². The van der Waals surface area contributed by atoms with E-state index in [1.54, 1.807) is 34.6 Å². The van der Waals surface area contributed by atoms with Crippen molar-refractivity contribution in [1.29, 1.82) is 0 Å². The van der Waals surface area contributed by atoms with Crippen LogP contribution in [0.3, 0.4) is 0 Å². The second-order valence-electron chi connectivity index (χ2n) is 6.38. The molecule has 0 spiro atoms. The maximum Gasteiger partial charge on any atom is 0.408 e. The van der Waals surface area contributed by atoms with Crippen molar-refractivity contribution in [2.24, 2.45) is 5.92 Å². The number of amides is 1. The van der Waals surface area contributed by atoms with Gasteiger partial charge in [0.25, 0.3) is 0 Å². The van der Waals surface area contributed by atoms with Gasteiger partial charge in [-0.2, -0.15) is 0 Å². The third-order valence-electron chi connectivity index (χ3n) is 2.72. The van der Waals surface area contributed by atoms with Gasteiger partial charge in [-0.1, -0.05) is 13.8 Å². The molecule has 1 aromatic heterocycles. The monoisotopic (exact) mass is 356 g/mol. The van der Waals surface area contributed by atoms with Crippen molar-refractivity contribution in [3.05, 3.63) is 0 Å². The van der Waals surface area contributed by atoms with Crippen molar-refractivity contribution in [2.45, 2.75) is 46.3 Å². The van der Waals surface area contributed by atoms with Crippen LogP contribution in [0.25, 0.3) is 0 Å². The summed E-state index contributed by atoms with van der Waals surface area (Å²) in [4.78, 5) is 35.7. The summed E-state index contributed by atoms with van der Waals surface area (Å²) in [6, 6.07) is -1.40. The number of carbonyl (C=O) groups is 2. The van der Waals surface area contributed by atoms with Crippen molar-refractivity contribution >= 4 is 12.1 Å². The molecule has 0 radical (unpaired) electrons. The van der Waals surface area contributed by atoms with E-state index in [-0.39, 0.29) is 23.9 Å². The number of esters is 1. The summed E-state index contributed by atoms with van der Waals surface area (Å²) >= 11 is 0. The Morgan fingerprint density at radius 1 is 0.960 bits per heavy atom. The first-order valence-corrected chi connectivity index (χ1v) is 7.61. The Kier molecular flexibility index (Phi) is 6.89. The van der Waals surface area contributed by atoms with E-state index in [1.165, 1.54) is 14.2 Å². The Balaban J connectivity index is 2.88. The Hall–Kier alpha value is -2.65. The summed E-state index contributed by atoms with van der Waals surface area (Å²) < 4.78 is 20.0. The molecule has 1 atom stereocenters. The van der Waals surface area contributed by atoms with Crippen LogP contribution in [0, 0.1) is 5.92 Å². The van der Waals surface area contributed by atoms with E-state index in [0.717, 1.165) is 0 Å². The van der Waals surface area contributed by atoms with E-state index in [0.29, 0.717) is 0 Å². The molecule has 0 fully saturated rings. The average Bonchev–Trinajstić information content (AvgIpc) is 2.49. The minimum atomic E-state index is -0.955. The van der Waals surface area contributed by atoms with Gasteiger partial charge in [-0.15, -0.1) is 15.0 Å². The van der Waals surface area contributed by atoms with E-state index >= 15 is 0 Å². The second kappa shape index (κ2) is 8.45. The van der Waals surface area contributed by atoms with Crippen LogP contribution in [-0.2, 0) is 9.53 Å². The van der Waals surface area contributed by atoms with Crippen LogP contribution in [0.2, 0.25) is 0 Å². The van der Waals surface area contributed by atoms with Crippen molar-refractivity contribution in [3.63, 3.8) is 0 Å². The number of nitrogens with one attached hydrogen (secondary N) is 1. The third kappa shape index (κ3) is 6.77. The Bertz CT molecular complexity index is 592. The zero-order valence-electron chi connectivity index (χ0n) is 15.4. The summed E-state index contributed by atoms with van der Waals surface area (Å²) in [6.07, 6.45) is -0.728. The summed E-state index contributed by atoms with van der Waals surface area (Å²) in [5.41, 5.74) is -0.690. The van der Waals surface area contributed by atoms with E-state index in [4.69, 9.17) is 18.9 Å². The lowest BCUT2D eigenvalue weighted by molar-refractivity contribution is -0.138. The molecular weight excluding hydrogens is 332 g/mol. The first kappa shape index (κ1) is 20.4. The van der Waals surface area contributed by atoms with Gasteiger partial charge in [0.05, 0.1) is 14.2 Å². The van der Waals surface area contributed by atoms with Gasteiger partial charge in [-0.05, 0) is 26.7 Å². The normalized spacial score (nSPS) is 12.3. The van der Waals surface area contributed by atoms with Gasteiger partial charge < -0.3 is 24.3 Å². The van der Waals surface area contributed by atoms with Gasteiger partial charge in [0.1, 0.15) is 11.6 Å². The van der Waals surface area contributed by atoms with Crippen molar-refractivity contribution in [1.82, 2.24) is 20.3 Å². The Morgan fingerprint density at radius 3 is 1.84 bits per heavy atom. The van der Waals surface area contributed by atoms with Gasteiger partial charge in [0, 0.05) is 0 Å². The number of rotatable bonds is 6. The van der Waals surface area contributed by atoms with E-state index in [2.05, 4.69) is 20.3 Å². The molecule has 0 aliphatic rings. The summed E-state index contributed by atoms with van der Waals surface area (Å²) in [5.74, 6) is -1.01. The lowest BCUT2D eigenvalue weighted by Gasteiger charge is -2.24. The van der Waals surface area contributed by atoms with Crippen molar-refractivity contribution < 1.29 is 28.5 Å². The van der Waals surface area contributed by atoms with E-state index in [9.17, 15) is 9.59 Å². The molecule has 140 valence electrons. The highest BCUT2D eigenvalue weighted by Gasteiger charge is 2.29. The molecule has 0 unspecified atom stereocenters. The van der Waals surface area contributed by atoms with Crippen LogP contribution in [0.15, 0.2) is 0 Å². The number of methoxy groups -OCH3 is 2. The standard InChI is InChI=1S/C15H24N4O6/c1-8(2)9(16-14(21)25-15(3,4)5)10(20)24-13-18-11(22-6)17-12(19-13)23-7/h8-9H,1-7H3,(H,16,21)/t9-/m0/s1. The number of hydrogen-bond donors (Lipinski definition) is 1. The molecule has 10 nitrogen and oxygen atoms in total. The highest BCUT2D eigenvalue weighted by Crippen LogP contribution is 2.16. The van der Waals surface area contributed by atoms with Crippen LogP contribution < -0.4 is 19.5 Å². The number of ether oxygens (including phenoxy) is 4. The zero-order chi connectivity index (χ0) is 19.2. The van der Waals surface area contributed by atoms with Crippen LogP contribution in [-0.4, -0.2) is 52.9 Å². The van der Waals surface area contributed by atoms with Crippen LogP contribution >= 0.6 is 0 Å². The molecular formula is C15H24N4O6. The van der Waals surface area contributed by atoms with E-state index in [1.807, 2.05) is 0 Å². The summed E-state index contributed by atoms with van der Waals surface area (Å²) in [5, 5.41) is 2.48. The molecule has 0 bridgehead atoms. The van der Waals surface area contributed by atoms with Gasteiger partial charge in [-0.25, -0.2) is 9.59 Å². The molecule has 1 heterocycles. The van der Waals surface area contributed by atoms with Gasteiger partial charge in [-0.3, -0.25) is 0 Å². The minimum absolute atomic E-state index is 0.0733. The molecule has 1 rings (SSSR count). The largest absolute Gasteiger partial charge is 0.467 e. The fraction of sp³-hybridized carbons (Fsp3) is 0.667. The Labute approximate surface area is 146 Å². The zero-order valence-corrected chi connectivity index (χ0v) is 15.4. The molecule has 0 aromatic carbocycles. The fourth-order valence-corrected chi connectivity index (χ4v) is 1.63. The topological polar surface area (TPSA) is 122 Å². The SMILES string of the molecule is COc1nc(OC)nc(OC(=O)[C@@H](NC(=O)OC(C)(C)C)C(C)C)n1. The molecule has 1 N–H and O–H groups in total. The predicted octanol–water partition coefficient (Wildman–Crippen LogP) is 1.34. The number of nitrogens with zero attached hydrogens (tertiary/aromatic N) is 3. The maximum absolute atomic E-state index is 12.4. The maximum atomic E-state index is 12.4. The minimum Gasteiger partial charge on any atom is -0.467 e. The van der Waals surface area contributed by atoms with Crippen molar-refractivity contribution in [2.75, 3.05) is 14.2 Å². The van der Waals surface area contributed by atoms with Gasteiger partial charge >= 0.3 is 30.1 Å². The summed E-state index contributed by atoms with van der Waals surface area (Å²) in [7, 11) is 2.70. The molecule has 0 saturated heterocycles. The molecule has 0 aliphatic carbocycles. The molecule has 25 heavy (non-hydrogen) atoms. The highest BCUT2D eigenvalue weighted by molar-refractivity contribution is 5.82. The molecule has 10 heteroatoms. The predicted molar refractivity (Wildman–Crippen MR) is 86.6 cm³/mol. The number of hydrogen-bond acceptors (Lipinski definition) is 9. The lowest BCUT2D eigenvalue weighted by atomic mass is 10.1. The average molecular weight is 356 g/mol. The quantitative estimate of drug-likeness (QED) is 0.752. The molecule has 1 amide bonds. The van der Waals surface area contributed by atoms with E-state index < -0.39 is 23.7 Å². The van der Waals surface area contributed by atoms with Crippen LogP contribution in [0.1, 0.15) is 34.6 Å². The fourth-order valence-electron chi connectivity index (χ4n) is 1.63. The van der Waals surface area contributed by atoms with Crippen LogP contribution in [0.5, 0.6) is 18.0 Å². The number of alkyl carbamates (subject to hydrolysis) is 1. The number of carbonyl (C=O) groups excluding carboxylic acids is 2. The smallest absolute Gasteiger partial charge is 0.408 e. The molecule has 0 saturated carbocycles. The third-order valence-corrected chi connectivity index (χ3v) is 2.72. The molecule has 1 aromatic rings. The van der Waals surface area contributed by atoms with Gasteiger partial charge in [0.2, 0.25) is 0 Å². The Morgan fingerprint density at radius 2 is 1.44 bits per heavy atom. The summed E-state index contributed by atoms with van der Waals surface area (Å²) in [6.45, 7) is 8.66. The first-order chi connectivity index (χ1) is 11.6. The lowest BCUT2D eigenvalue weighted by Crippen LogP contribution is -2.48. The first-order valence-electron chi connectivity index (χ1n) is 7.61.